The van der Waals surface area contributed by atoms with Crippen LogP contribution in [-0.4, -0.2) is 24.0 Å². The molecule has 16 heavy (non-hydrogen) atoms. The van der Waals surface area contributed by atoms with E-state index < -0.39 is 24.0 Å². The Kier molecular flexibility index (Phi) is 3.54. The van der Waals surface area contributed by atoms with Crippen LogP contribution in [0.25, 0.3) is 0 Å². The van der Waals surface area contributed by atoms with E-state index in [1.165, 1.54) is 0 Å². The molecule has 1 unspecified atom stereocenters. The standard InChI is InChI=1S/C9H10F5NO/c10-8(11,9(12,13)14)7(16)15-6-4-2-1-3-5-6/h1-2,6H,3-5H2,(H,15,16). The van der Waals surface area contributed by atoms with Gasteiger partial charge in [0.15, 0.2) is 0 Å². The summed E-state index contributed by atoms with van der Waals surface area (Å²) in [7, 11) is 0. The Bertz CT molecular complexity index is 297. The van der Waals surface area contributed by atoms with Crippen molar-refractivity contribution in [3.63, 3.8) is 0 Å². The molecular formula is C9H10F5NO. The number of nitrogens with one attached hydrogen (secondary N) is 1. The highest BCUT2D eigenvalue weighted by atomic mass is 19.4. The Hall–Kier alpha value is -1.14. The predicted octanol–water partition coefficient (Wildman–Crippen LogP) is 2.41. The molecule has 0 aliphatic heterocycles. The average molecular weight is 243 g/mol. The van der Waals surface area contributed by atoms with Crippen LogP contribution in [0, 0.1) is 0 Å². The highest BCUT2D eigenvalue weighted by molar-refractivity contribution is 5.84. The van der Waals surface area contributed by atoms with Crippen LogP contribution in [0.3, 0.4) is 0 Å². The van der Waals surface area contributed by atoms with Gasteiger partial charge in [-0.3, -0.25) is 4.79 Å². The Labute approximate surface area is 88.5 Å². The summed E-state index contributed by atoms with van der Waals surface area (Å²) >= 11 is 0. The monoisotopic (exact) mass is 243 g/mol. The molecule has 0 aromatic carbocycles. The van der Waals surface area contributed by atoms with E-state index >= 15 is 0 Å². The van der Waals surface area contributed by atoms with Gasteiger partial charge < -0.3 is 5.32 Å². The van der Waals surface area contributed by atoms with Gasteiger partial charge >= 0.3 is 18.0 Å². The molecule has 92 valence electrons. The fourth-order valence-electron chi connectivity index (χ4n) is 1.33. The van der Waals surface area contributed by atoms with Gasteiger partial charge in [0.2, 0.25) is 0 Å². The van der Waals surface area contributed by atoms with Crippen molar-refractivity contribution in [2.75, 3.05) is 0 Å². The maximum atomic E-state index is 12.5. The first-order chi connectivity index (χ1) is 7.25. The molecule has 1 N–H and O–H groups in total. The first-order valence-corrected chi connectivity index (χ1v) is 4.65. The zero-order valence-corrected chi connectivity index (χ0v) is 8.15. The molecule has 1 rings (SSSR count). The largest absolute Gasteiger partial charge is 0.463 e. The molecule has 0 radical (unpaired) electrons. The van der Waals surface area contributed by atoms with Crippen LogP contribution in [0.4, 0.5) is 22.0 Å². The topological polar surface area (TPSA) is 29.1 Å². The molecule has 2 nitrogen and oxygen atoms in total. The van der Waals surface area contributed by atoms with E-state index in [-0.39, 0.29) is 6.42 Å². The van der Waals surface area contributed by atoms with Gasteiger partial charge in [0.25, 0.3) is 0 Å². The number of halogens is 5. The number of hydrogen-bond acceptors (Lipinski definition) is 1. The van der Waals surface area contributed by atoms with Gasteiger partial charge in [-0.05, 0) is 19.3 Å². The molecule has 7 heteroatoms. The summed E-state index contributed by atoms with van der Waals surface area (Å²) in [5.41, 5.74) is 0. The van der Waals surface area contributed by atoms with Crippen molar-refractivity contribution in [3.05, 3.63) is 12.2 Å². The molecule has 0 aromatic rings. The van der Waals surface area contributed by atoms with Crippen molar-refractivity contribution < 1.29 is 26.7 Å². The third-order valence-electron chi connectivity index (χ3n) is 2.25. The molecule has 1 aliphatic carbocycles. The maximum Gasteiger partial charge on any atom is 0.463 e. The van der Waals surface area contributed by atoms with Crippen LogP contribution in [0.1, 0.15) is 19.3 Å². The number of carbonyl (C=O) groups excluding carboxylic acids is 1. The summed E-state index contributed by atoms with van der Waals surface area (Å²) in [6.45, 7) is 0. The lowest BCUT2D eigenvalue weighted by atomic mass is 10.0. The summed E-state index contributed by atoms with van der Waals surface area (Å²) in [5, 5.41) is 1.71. The highest BCUT2D eigenvalue weighted by Crippen LogP contribution is 2.35. The number of hydrogen-bond donors (Lipinski definition) is 1. The third-order valence-corrected chi connectivity index (χ3v) is 2.25. The minimum atomic E-state index is -5.85. The fraction of sp³-hybridized carbons (Fsp3) is 0.667. The van der Waals surface area contributed by atoms with E-state index in [1.807, 2.05) is 0 Å². The first-order valence-electron chi connectivity index (χ1n) is 4.65. The van der Waals surface area contributed by atoms with Crippen LogP contribution in [0.2, 0.25) is 0 Å². The molecule has 1 atom stereocenters. The van der Waals surface area contributed by atoms with Gasteiger partial charge in [-0.1, -0.05) is 12.2 Å². The zero-order valence-electron chi connectivity index (χ0n) is 8.15. The highest BCUT2D eigenvalue weighted by Gasteiger charge is 2.63. The van der Waals surface area contributed by atoms with E-state index in [4.69, 9.17) is 0 Å². The second-order valence-electron chi connectivity index (χ2n) is 3.53. The number of alkyl halides is 5. The van der Waals surface area contributed by atoms with Crippen molar-refractivity contribution in [1.29, 1.82) is 0 Å². The van der Waals surface area contributed by atoms with Gasteiger partial charge in [0, 0.05) is 6.04 Å². The number of allylic oxidation sites excluding steroid dienone is 1. The van der Waals surface area contributed by atoms with Crippen LogP contribution in [0.15, 0.2) is 12.2 Å². The van der Waals surface area contributed by atoms with Gasteiger partial charge in [-0.25, -0.2) is 0 Å². The van der Waals surface area contributed by atoms with Crippen LogP contribution >= 0.6 is 0 Å². The third kappa shape index (κ3) is 2.70. The fourth-order valence-corrected chi connectivity index (χ4v) is 1.33. The molecule has 0 aromatic heterocycles. The molecule has 0 fully saturated rings. The summed E-state index contributed by atoms with van der Waals surface area (Å²) in [6, 6.07) is -0.647. The lowest BCUT2D eigenvalue weighted by Crippen LogP contribution is -2.53. The first kappa shape index (κ1) is 12.9. The van der Waals surface area contributed by atoms with Gasteiger partial charge in [-0.2, -0.15) is 22.0 Å². The summed E-state index contributed by atoms with van der Waals surface area (Å²) < 4.78 is 60.5. The molecule has 0 spiro atoms. The molecule has 0 saturated carbocycles. The van der Waals surface area contributed by atoms with E-state index in [0.717, 1.165) is 0 Å². The number of amides is 1. The van der Waals surface area contributed by atoms with Crippen molar-refractivity contribution in [3.8, 4) is 0 Å². The Morgan fingerprint density at radius 2 is 1.81 bits per heavy atom. The quantitative estimate of drug-likeness (QED) is 0.585. The van der Waals surface area contributed by atoms with E-state index in [2.05, 4.69) is 0 Å². The van der Waals surface area contributed by atoms with Gasteiger partial charge in [0.1, 0.15) is 0 Å². The second kappa shape index (κ2) is 4.39. The molecule has 1 aliphatic rings. The number of rotatable bonds is 2. The van der Waals surface area contributed by atoms with E-state index in [1.54, 1.807) is 17.5 Å². The normalized spacial score (nSPS) is 21.9. The lowest BCUT2D eigenvalue weighted by molar-refractivity contribution is -0.270. The van der Waals surface area contributed by atoms with Crippen molar-refractivity contribution in [2.24, 2.45) is 0 Å². The Morgan fingerprint density at radius 3 is 2.25 bits per heavy atom. The molecule has 1 amide bonds. The molecule has 0 bridgehead atoms. The van der Waals surface area contributed by atoms with Crippen LogP contribution in [-0.2, 0) is 4.79 Å². The van der Waals surface area contributed by atoms with Crippen LogP contribution in [0.5, 0.6) is 0 Å². The summed E-state index contributed by atoms with van der Waals surface area (Å²) in [6.07, 6.45) is -1.22. The Balaban J connectivity index is 2.61. The SMILES string of the molecule is O=C(NC1CC=CCC1)C(F)(F)C(F)(F)F. The molecule has 0 heterocycles. The maximum absolute atomic E-state index is 12.5. The lowest BCUT2D eigenvalue weighted by Gasteiger charge is -2.24. The zero-order chi connectivity index (χ0) is 12.4. The predicted molar refractivity (Wildman–Crippen MR) is 45.9 cm³/mol. The average Bonchev–Trinajstić information content (AvgIpc) is 2.17. The van der Waals surface area contributed by atoms with Gasteiger partial charge in [0.05, 0.1) is 0 Å². The van der Waals surface area contributed by atoms with Crippen molar-refractivity contribution >= 4 is 5.91 Å². The smallest absolute Gasteiger partial charge is 0.347 e. The molecular weight excluding hydrogens is 233 g/mol. The van der Waals surface area contributed by atoms with E-state index in [0.29, 0.717) is 12.8 Å². The van der Waals surface area contributed by atoms with Crippen LogP contribution < -0.4 is 5.32 Å². The van der Waals surface area contributed by atoms with Gasteiger partial charge in [-0.15, -0.1) is 0 Å². The summed E-state index contributed by atoms with van der Waals surface area (Å²) in [5.74, 6) is -7.60. The number of carbonyl (C=O) groups is 1. The summed E-state index contributed by atoms with van der Waals surface area (Å²) in [4.78, 5) is 10.8. The second-order valence-corrected chi connectivity index (χ2v) is 3.53. The van der Waals surface area contributed by atoms with Crippen molar-refractivity contribution in [1.82, 2.24) is 5.32 Å². The minimum Gasteiger partial charge on any atom is -0.347 e. The Morgan fingerprint density at radius 1 is 1.19 bits per heavy atom. The van der Waals surface area contributed by atoms with Crippen molar-refractivity contribution in [2.45, 2.75) is 37.4 Å². The minimum absolute atomic E-state index is 0.277. The van der Waals surface area contributed by atoms with E-state index in [9.17, 15) is 26.7 Å². The molecule has 0 saturated heterocycles.